The van der Waals surface area contributed by atoms with Gasteiger partial charge in [-0.1, -0.05) is 18.2 Å². The van der Waals surface area contributed by atoms with E-state index in [0.717, 1.165) is 6.07 Å². The second-order valence-electron chi connectivity index (χ2n) is 4.24. The number of halogens is 2. The van der Waals surface area contributed by atoms with Gasteiger partial charge in [0.25, 0.3) is 0 Å². The van der Waals surface area contributed by atoms with Gasteiger partial charge >= 0.3 is 20.4 Å². The molecule has 0 aliphatic heterocycles. The van der Waals surface area contributed by atoms with E-state index in [4.69, 9.17) is 4.42 Å². The number of hydrogen-bond donors (Lipinski definition) is 0. The normalized spacial score (nSPS) is 13.0. The third kappa shape index (κ3) is 2.18. The van der Waals surface area contributed by atoms with Gasteiger partial charge in [-0.25, -0.2) is 0 Å². The summed E-state index contributed by atoms with van der Waals surface area (Å²) in [6.07, 6.45) is 0. The highest BCUT2D eigenvalue weighted by Crippen LogP contribution is 2.38. The molecule has 9 heteroatoms. The fourth-order valence-electron chi connectivity index (χ4n) is 2.20. The number of fused-ring (bicyclic) bond motifs is 3. The molecule has 21 heavy (non-hydrogen) atoms. The Hall–Kier alpha value is -2.00. The maximum atomic E-state index is 13.5. The zero-order chi connectivity index (χ0) is 15.4. The molecule has 3 rings (SSSR count). The van der Waals surface area contributed by atoms with Crippen molar-refractivity contribution in [2.75, 3.05) is 0 Å². The Bertz CT molecular complexity index is 1080. The van der Waals surface area contributed by atoms with Gasteiger partial charge in [0, 0.05) is 5.39 Å². The zero-order valence-corrected chi connectivity index (χ0v) is 11.7. The van der Waals surface area contributed by atoms with Crippen LogP contribution in [-0.2, 0) is 20.4 Å². The van der Waals surface area contributed by atoms with E-state index in [1.165, 1.54) is 18.2 Å². The van der Waals surface area contributed by atoms with Crippen molar-refractivity contribution in [1.29, 1.82) is 0 Å². The fourth-order valence-corrected chi connectivity index (χ4v) is 4.11. The lowest BCUT2D eigenvalue weighted by molar-refractivity contribution is 0.536. The molecule has 3 aromatic rings. The summed E-state index contributed by atoms with van der Waals surface area (Å²) in [7, 11) is -10.9. The predicted molar refractivity (Wildman–Crippen MR) is 70.3 cm³/mol. The maximum absolute atomic E-state index is 13.5. The Morgan fingerprint density at radius 1 is 0.810 bits per heavy atom. The Kier molecular flexibility index (Phi) is 2.82. The van der Waals surface area contributed by atoms with Crippen LogP contribution in [0, 0.1) is 0 Å². The molecule has 0 atom stereocenters. The second kappa shape index (κ2) is 4.25. The Labute approximate surface area is 118 Å². The second-order valence-corrected chi connectivity index (χ2v) is 6.84. The van der Waals surface area contributed by atoms with E-state index in [1.54, 1.807) is 6.07 Å². The van der Waals surface area contributed by atoms with Crippen LogP contribution >= 0.6 is 0 Å². The van der Waals surface area contributed by atoms with Crippen LogP contribution in [0.25, 0.3) is 21.9 Å². The molecule has 0 spiro atoms. The van der Waals surface area contributed by atoms with Crippen molar-refractivity contribution < 1.29 is 29.0 Å². The minimum atomic E-state index is -5.48. The van der Waals surface area contributed by atoms with Crippen molar-refractivity contribution >= 4 is 42.4 Å². The van der Waals surface area contributed by atoms with Crippen molar-refractivity contribution in [1.82, 2.24) is 0 Å². The lowest BCUT2D eigenvalue weighted by Gasteiger charge is -2.03. The maximum Gasteiger partial charge on any atom is 0.334 e. The minimum absolute atomic E-state index is 0.0557. The first-order chi connectivity index (χ1) is 9.69. The first-order valence-corrected chi connectivity index (χ1v) is 8.30. The van der Waals surface area contributed by atoms with Crippen molar-refractivity contribution in [2.24, 2.45) is 0 Å². The van der Waals surface area contributed by atoms with Crippen molar-refractivity contribution in [3.05, 3.63) is 36.4 Å². The van der Waals surface area contributed by atoms with Crippen LogP contribution in [-0.4, -0.2) is 16.8 Å². The van der Waals surface area contributed by atoms with Gasteiger partial charge in [-0.2, -0.15) is 16.8 Å². The number of hydrogen-bond acceptors (Lipinski definition) is 5. The topological polar surface area (TPSA) is 81.4 Å². The largest absolute Gasteiger partial charge is 0.456 e. The number of benzene rings is 2. The number of furan rings is 1. The molecule has 0 fully saturated rings. The lowest BCUT2D eigenvalue weighted by atomic mass is 10.1. The SMILES string of the molecule is O=S(=O)(F)c1ccc2oc3ccccc3c2c1S(=O)(=O)F. The van der Waals surface area contributed by atoms with Crippen LogP contribution < -0.4 is 0 Å². The third-order valence-corrected chi connectivity index (χ3v) is 4.87. The van der Waals surface area contributed by atoms with Gasteiger partial charge < -0.3 is 4.42 Å². The average molecular weight is 332 g/mol. The molecular weight excluding hydrogens is 326 g/mol. The summed E-state index contributed by atoms with van der Waals surface area (Å²) in [6.45, 7) is 0. The van der Waals surface area contributed by atoms with Gasteiger partial charge in [0.05, 0.1) is 5.39 Å². The molecule has 0 amide bonds. The highest BCUT2D eigenvalue weighted by atomic mass is 32.3. The Morgan fingerprint density at radius 3 is 2.10 bits per heavy atom. The fraction of sp³-hybridized carbons (Fsp3) is 0. The molecule has 0 radical (unpaired) electrons. The van der Waals surface area contributed by atoms with E-state index in [1.807, 2.05) is 0 Å². The average Bonchev–Trinajstić information content (AvgIpc) is 2.73. The summed E-state index contributed by atoms with van der Waals surface area (Å²) in [5.74, 6) is 0. The molecule has 0 bridgehead atoms. The summed E-state index contributed by atoms with van der Waals surface area (Å²) in [5.41, 5.74) is 0.172. The van der Waals surface area contributed by atoms with Gasteiger partial charge in [0.1, 0.15) is 21.0 Å². The van der Waals surface area contributed by atoms with Crippen molar-refractivity contribution in [3.8, 4) is 0 Å². The quantitative estimate of drug-likeness (QED) is 0.674. The van der Waals surface area contributed by atoms with E-state index in [0.29, 0.717) is 6.07 Å². The molecule has 2 aromatic carbocycles. The minimum Gasteiger partial charge on any atom is -0.456 e. The standard InChI is InChI=1S/C12H6F2O5S2/c13-20(15,16)10-6-5-9-11(12(10)21(14,17)18)7-3-1-2-4-8(7)19-9/h1-6H. The number of rotatable bonds is 2. The molecule has 1 aromatic heterocycles. The molecule has 0 saturated carbocycles. The predicted octanol–water partition coefficient (Wildman–Crippen LogP) is 2.90. The van der Waals surface area contributed by atoms with E-state index in [-0.39, 0.29) is 21.9 Å². The van der Waals surface area contributed by atoms with E-state index in [2.05, 4.69) is 0 Å². The van der Waals surface area contributed by atoms with Crippen molar-refractivity contribution in [3.63, 3.8) is 0 Å². The van der Waals surface area contributed by atoms with E-state index in [9.17, 15) is 24.6 Å². The summed E-state index contributed by atoms with van der Waals surface area (Å²) in [6, 6.07) is 7.78. The molecular formula is C12H6F2O5S2. The molecule has 0 aliphatic carbocycles. The first kappa shape index (κ1) is 14.0. The van der Waals surface area contributed by atoms with Gasteiger partial charge in [-0.05, 0) is 18.2 Å². The lowest BCUT2D eigenvalue weighted by Crippen LogP contribution is -2.03. The summed E-state index contributed by atoms with van der Waals surface area (Å²) < 4.78 is 76.9. The highest BCUT2D eigenvalue weighted by Gasteiger charge is 2.31. The zero-order valence-electron chi connectivity index (χ0n) is 10.1. The van der Waals surface area contributed by atoms with Gasteiger partial charge in [0.2, 0.25) is 0 Å². The van der Waals surface area contributed by atoms with Crippen molar-refractivity contribution in [2.45, 2.75) is 9.79 Å². The van der Waals surface area contributed by atoms with Gasteiger partial charge in [0.15, 0.2) is 0 Å². The van der Waals surface area contributed by atoms with Crippen LogP contribution in [0.2, 0.25) is 0 Å². The highest BCUT2D eigenvalue weighted by molar-refractivity contribution is 7.89. The summed E-state index contributed by atoms with van der Waals surface area (Å²) in [4.78, 5) is -2.49. The van der Waals surface area contributed by atoms with Crippen LogP contribution in [0.4, 0.5) is 7.77 Å². The molecule has 0 unspecified atom stereocenters. The smallest absolute Gasteiger partial charge is 0.334 e. The van der Waals surface area contributed by atoms with Crippen LogP contribution in [0.1, 0.15) is 0 Å². The summed E-state index contributed by atoms with van der Waals surface area (Å²) in [5, 5.41) is -0.124. The molecule has 1 heterocycles. The molecule has 0 aliphatic rings. The third-order valence-electron chi connectivity index (χ3n) is 2.97. The molecule has 5 nitrogen and oxygen atoms in total. The van der Waals surface area contributed by atoms with Gasteiger partial charge in [-0.3, -0.25) is 0 Å². The molecule has 0 saturated heterocycles. The molecule has 110 valence electrons. The first-order valence-electron chi connectivity index (χ1n) is 5.53. The van der Waals surface area contributed by atoms with E-state index < -0.39 is 30.2 Å². The van der Waals surface area contributed by atoms with E-state index >= 15 is 0 Å². The Balaban J connectivity index is 2.68. The van der Waals surface area contributed by atoms with Crippen LogP contribution in [0.5, 0.6) is 0 Å². The Morgan fingerprint density at radius 2 is 1.48 bits per heavy atom. The monoisotopic (exact) mass is 332 g/mol. The molecule has 0 N–H and O–H groups in total. The number of para-hydroxylation sites is 1. The van der Waals surface area contributed by atoms with Crippen LogP contribution in [0.15, 0.2) is 50.6 Å². The summed E-state index contributed by atoms with van der Waals surface area (Å²) >= 11 is 0. The van der Waals surface area contributed by atoms with Crippen LogP contribution in [0.3, 0.4) is 0 Å². The van der Waals surface area contributed by atoms with Gasteiger partial charge in [-0.15, -0.1) is 7.77 Å².